The summed E-state index contributed by atoms with van der Waals surface area (Å²) in [6.45, 7) is 4.22. The number of ether oxygens (including phenoxy) is 1. The van der Waals surface area contributed by atoms with Crippen molar-refractivity contribution in [2.45, 2.75) is 38.5 Å². The number of nitrogens with zero attached hydrogens (tertiary/aromatic N) is 2. The Morgan fingerprint density at radius 2 is 1.89 bits per heavy atom. The largest absolute Gasteiger partial charge is 0.493 e. The number of rotatable bonds is 6. The maximum atomic E-state index is 12.5. The number of para-hydroxylation sites is 3. The number of aryl methyl sites for hydroxylation is 1. The molecule has 1 aromatic heterocycles. The van der Waals surface area contributed by atoms with Crippen LogP contribution in [0.1, 0.15) is 43.0 Å². The van der Waals surface area contributed by atoms with Crippen LogP contribution in [0.15, 0.2) is 48.5 Å². The standard InChI is InChI=1S/C23H27N3O2/c1-17-7-2-5-10-21(17)28-16-6-11-22(27)26-14-12-18(13-15-26)23-24-19-8-3-4-9-20(19)25-23/h2-5,7-10,18H,6,11-16H2,1H3,(H,24,25). The zero-order chi connectivity index (χ0) is 19.3. The van der Waals surface area contributed by atoms with Gasteiger partial charge in [0.2, 0.25) is 5.91 Å². The second-order valence-corrected chi connectivity index (χ2v) is 7.51. The van der Waals surface area contributed by atoms with Crippen molar-refractivity contribution < 1.29 is 9.53 Å². The van der Waals surface area contributed by atoms with Crippen LogP contribution >= 0.6 is 0 Å². The van der Waals surface area contributed by atoms with Gasteiger partial charge in [0.15, 0.2) is 0 Å². The zero-order valence-corrected chi connectivity index (χ0v) is 16.4. The van der Waals surface area contributed by atoms with E-state index in [9.17, 15) is 4.79 Å². The molecule has 0 radical (unpaired) electrons. The van der Waals surface area contributed by atoms with E-state index in [1.165, 1.54) is 0 Å². The summed E-state index contributed by atoms with van der Waals surface area (Å²) in [5.74, 6) is 2.60. The van der Waals surface area contributed by atoms with E-state index in [0.717, 1.165) is 60.5 Å². The second kappa shape index (κ2) is 8.46. The van der Waals surface area contributed by atoms with Crippen molar-refractivity contribution in [1.29, 1.82) is 0 Å². The van der Waals surface area contributed by atoms with Crippen molar-refractivity contribution >= 4 is 16.9 Å². The third-order valence-electron chi connectivity index (χ3n) is 5.53. The lowest BCUT2D eigenvalue weighted by Crippen LogP contribution is -2.38. The lowest BCUT2D eigenvalue weighted by molar-refractivity contribution is -0.132. The maximum Gasteiger partial charge on any atom is 0.222 e. The van der Waals surface area contributed by atoms with E-state index >= 15 is 0 Å². The van der Waals surface area contributed by atoms with Crippen LogP contribution in [-0.4, -0.2) is 40.5 Å². The minimum Gasteiger partial charge on any atom is -0.493 e. The molecule has 5 nitrogen and oxygen atoms in total. The molecule has 1 N–H and O–H groups in total. The molecule has 3 aromatic rings. The van der Waals surface area contributed by atoms with Gasteiger partial charge in [0, 0.05) is 25.4 Å². The van der Waals surface area contributed by atoms with Gasteiger partial charge in [-0.05, 0) is 49.9 Å². The summed E-state index contributed by atoms with van der Waals surface area (Å²) in [7, 11) is 0. The summed E-state index contributed by atoms with van der Waals surface area (Å²) in [4.78, 5) is 22.7. The molecule has 1 aliphatic rings. The lowest BCUT2D eigenvalue weighted by Gasteiger charge is -2.31. The van der Waals surface area contributed by atoms with Gasteiger partial charge in [-0.1, -0.05) is 30.3 Å². The van der Waals surface area contributed by atoms with Gasteiger partial charge >= 0.3 is 0 Å². The smallest absolute Gasteiger partial charge is 0.222 e. The molecule has 2 heterocycles. The molecule has 28 heavy (non-hydrogen) atoms. The van der Waals surface area contributed by atoms with Gasteiger partial charge < -0.3 is 14.6 Å². The Kier molecular flexibility index (Phi) is 5.60. The highest BCUT2D eigenvalue weighted by Gasteiger charge is 2.25. The third kappa shape index (κ3) is 4.19. The quantitative estimate of drug-likeness (QED) is 0.646. The predicted octanol–water partition coefficient (Wildman–Crippen LogP) is 4.44. The first-order chi connectivity index (χ1) is 13.7. The van der Waals surface area contributed by atoms with Crippen molar-refractivity contribution in [1.82, 2.24) is 14.9 Å². The van der Waals surface area contributed by atoms with Crippen molar-refractivity contribution in [3.8, 4) is 5.75 Å². The van der Waals surface area contributed by atoms with Gasteiger partial charge in [-0.15, -0.1) is 0 Å². The van der Waals surface area contributed by atoms with Crippen molar-refractivity contribution in [2.24, 2.45) is 0 Å². The topological polar surface area (TPSA) is 58.2 Å². The highest BCUT2D eigenvalue weighted by atomic mass is 16.5. The van der Waals surface area contributed by atoms with Crippen LogP contribution in [0.25, 0.3) is 11.0 Å². The van der Waals surface area contributed by atoms with Crippen LogP contribution < -0.4 is 4.74 Å². The van der Waals surface area contributed by atoms with E-state index in [-0.39, 0.29) is 5.91 Å². The molecule has 0 aliphatic carbocycles. The first-order valence-corrected chi connectivity index (χ1v) is 10.1. The summed E-state index contributed by atoms with van der Waals surface area (Å²) in [5, 5.41) is 0. The molecule has 0 atom stereocenters. The van der Waals surface area contributed by atoms with Gasteiger partial charge in [0.05, 0.1) is 17.6 Å². The number of carbonyl (C=O) groups is 1. The van der Waals surface area contributed by atoms with Crippen molar-refractivity contribution in [3.63, 3.8) is 0 Å². The number of hydrogen-bond donors (Lipinski definition) is 1. The number of piperidine rings is 1. The molecule has 1 fully saturated rings. The zero-order valence-electron chi connectivity index (χ0n) is 16.4. The van der Waals surface area contributed by atoms with E-state index < -0.39 is 0 Å². The van der Waals surface area contributed by atoms with E-state index in [2.05, 4.69) is 11.1 Å². The van der Waals surface area contributed by atoms with Crippen LogP contribution in [-0.2, 0) is 4.79 Å². The Labute approximate surface area is 165 Å². The molecule has 4 rings (SSSR count). The Hall–Kier alpha value is -2.82. The van der Waals surface area contributed by atoms with Gasteiger partial charge in [-0.2, -0.15) is 0 Å². The molecule has 1 amide bonds. The summed E-state index contributed by atoms with van der Waals surface area (Å²) in [6.07, 6.45) is 3.22. The van der Waals surface area contributed by atoms with Crippen molar-refractivity contribution in [3.05, 3.63) is 59.9 Å². The molecule has 2 aromatic carbocycles. The Morgan fingerprint density at radius 3 is 2.68 bits per heavy atom. The Morgan fingerprint density at radius 1 is 1.14 bits per heavy atom. The van der Waals surface area contributed by atoms with Crippen LogP contribution in [0.4, 0.5) is 0 Å². The van der Waals surface area contributed by atoms with Crippen LogP contribution in [0.5, 0.6) is 5.75 Å². The molecule has 5 heteroatoms. The molecule has 0 spiro atoms. The van der Waals surface area contributed by atoms with E-state index in [1.54, 1.807) is 0 Å². The number of H-pyrrole nitrogens is 1. The van der Waals surface area contributed by atoms with Gasteiger partial charge in [0.25, 0.3) is 0 Å². The fraction of sp³-hybridized carbons (Fsp3) is 0.391. The number of carbonyl (C=O) groups excluding carboxylic acids is 1. The number of aromatic amines is 1. The monoisotopic (exact) mass is 377 g/mol. The fourth-order valence-corrected chi connectivity index (χ4v) is 3.85. The average Bonchev–Trinajstić information content (AvgIpc) is 3.17. The predicted molar refractivity (Wildman–Crippen MR) is 111 cm³/mol. The van der Waals surface area contributed by atoms with E-state index in [4.69, 9.17) is 9.72 Å². The number of amides is 1. The highest BCUT2D eigenvalue weighted by molar-refractivity contribution is 5.76. The van der Waals surface area contributed by atoms with Crippen molar-refractivity contribution in [2.75, 3.05) is 19.7 Å². The number of aromatic nitrogens is 2. The first-order valence-electron chi connectivity index (χ1n) is 10.1. The molecule has 146 valence electrons. The highest BCUT2D eigenvalue weighted by Crippen LogP contribution is 2.28. The fourth-order valence-electron chi connectivity index (χ4n) is 3.85. The molecule has 0 bridgehead atoms. The van der Waals surface area contributed by atoms with Crippen LogP contribution in [0.2, 0.25) is 0 Å². The first kappa shape index (κ1) is 18.5. The van der Waals surface area contributed by atoms with Gasteiger partial charge in [-0.25, -0.2) is 4.98 Å². The molecule has 0 saturated carbocycles. The molecular formula is C23H27N3O2. The third-order valence-corrected chi connectivity index (χ3v) is 5.53. The average molecular weight is 377 g/mol. The van der Waals surface area contributed by atoms with E-state index in [0.29, 0.717) is 18.9 Å². The van der Waals surface area contributed by atoms with E-state index in [1.807, 2.05) is 54.3 Å². The van der Waals surface area contributed by atoms with Gasteiger partial charge in [0.1, 0.15) is 11.6 Å². The number of likely N-dealkylation sites (tertiary alicyclic amines) is 1. The number of benzene rings is 2. The number of nitrogens with one attached hydrogen (secondary N) is 1. The molecule has 1 saturated heterocycles. The molecule has 0 unspecified atom stereocenters. The lowest BCUT2D eigenvalue weighted by atomic mass is 9.96. The van der Waals surface area contributed by atoms with Gasteiger partial charge in [-0.3, -0.25) is 4.79 Å². The van der Waals surface area contributed by atoms with Crippen LogP contribution in [0.3, 0.4) is 0 Å². The normalized spacial score (nSPS) is 15.1. The number of imidazole rings is 1. The molecular weight excluding hydrogens is 350 g/mol. The number of hydrogen-bond acceptors (Lipinski definition) is 3. The molecule has 1 aliphatic heterocycles. The maximum absolute atomic E-state index is 12.5. The number of fused-ring (bicyclic) bond motifs is 1. The SMILES string of the molecule is Cc1ccccc1OCCCC(=O)N1CCC(c2nc3ccccc3[nH]2)CC1. The second-order valence-electron chi connectivity index (χ2n) is 7.51. The Balaban J connectivity index is 1.22. The summed E-state index contributed by atoms with van der Waals surface area (Å²) in [5.41, 5.74) is 3.23. The Bertz CT molecular complexity index is 909. The minimum absolute atomic E-state index is 0.233. The summed E-state index contributed by atoms with van der Waals surface area (Å²) < 4.78 is 5.80. The van der Waals surface area contributed by atoms with Crippen LogP contribution in [0, 0.1) is 6.92 Å². The summed E-state index contributed by atoms with van der Waals surface area (Å²) in [6, 6.07) is 16.1. The summed E-state index contributed by atoms with van der Waals surface area (Å²) >= 11 is 0. The minimum atomic E-state index is 0.233.